The molecule has 4 N–H and O–H groups in total. The van der Waals surface area contributed by atoms with Crippen molar-refractivity contribution >= 4 is 28.7 Å². The molecule has 0 unspecified atom stereocenters. The van der Waals surface area contributed by atoms with Gasteiger partial charge in [-0.2, -0.15) is 0 Å². The lowest BCUT2D eigenvalue weighted by Gasteiger charge is -2.15. The second-order valence-corrected chi connectivity index (χ2v) is 3.83. The van der Waals surface area contributed by atoms with Crippen LogP contribution in [-0.4, -0.2) is 23.0 Å². The van der Waals surface area contributed by atoms with Gasteiger partial charge in [-0.25, -0.2) is 4.79 Å². The van der Waals surface area contributed by atoms with Gasteiger partial charge in [0.2, 0.25) is 0 Å². The van der Waals surface area contributed by atoms with E-state index in [1.807, 2.05) is 24.3 Å². The Bertz CT molecular complexity index is 641. The molecule has 0 saturated carbocycles. The minimum absolute atomic E-state index is 0.315. The third kappa shape index (κ3) is 2.37. The number of primary amides is 1. The second kappa shape index (κ2) is 4.77. The van der Waals surface area contributed by atoms with Gasteiger partial charge in [0.15, 0.2) is 0 Å². The monoisotopic (exact) mass is 258 g/mol. The van der Waals surface area contributed by atoms with Crippen LogP contribution in [0.15, 0.2) is 36.4 Å². The fraction of sp³-hybridized carbons (Fsp3) is 0. The molecule has 2 aromatic rings. The van der Waals surface area contributed by atoms with Crippen LogP contribution in [-0.2, 0) is 0 Å². The molecular weight excluding hydrogens is 248 g/mol. The molecule has 0 aromatic heterocycles. The van der Waals surface area contributed by atoms with E-state index >= 15 is 0 Å². The van der Waals surface area contributed by atoms with E-state index in [2.05, 4.69) is 11.1 Å². The Morgan fingerprint density at radius 2 is 1.42 bits per heavy atom. The van der Waals surface area contributed by atoms with Crippen LogP contribution in [0.25, 0.3) is 10.8 Å². The molecule has 0 fully saturated rings. The molecule has 0 aliphatic carbocycles. The molecule has 0 bridgehead atoms. The van der Waals surface area contributed by atoms with E-state index in [1.54, 1.807) is 12.1 Å². The van der Waals surface area contributed by atoms with Gasteiger partial charge in [-0.3, -0.25) is 14.9 Å². The molecule has 6 heteroatoms. The first-order valence-corrected chi connectivity index (χ1v) is 5.36. The maximum absolute atomic E-state index is 11.6. The van der Waals surface area contributed by atoms with Crippen molar-refractivity contribution in [3.05, 3.63) is 47.5 Å². The molecule has 6 nitrogen and oxygen atoms in total. The zero-order chi connectivity index (χ0) is 14.0. The molecule has 96 valence electrons. The molecule has 3 rings (SSSR count). The third-order valence-corrected chi connectivity index (χ3v) is 2.62. The van der Waals surface area contributed by atoms with Crippen LogP contribution in [0.2, 0.25) is 0 Å². The number of carbonyl (C=O) groups is 3. The van der Waals surface area contributed by atoms with Crippen molar-refractivity contribution in [2.75, 3.05) is 0 Å². The average molecular weight is 258 g/mol. The van der Waals surface area contributed by atoms with Crippen LogP contribution in [0, 0.1) is 0 Å². The van der Waals surface area contributed by atoms with Crippen molar-refractivity contribution in [1.29, 1.82) is 0 Å². The summed E-state index contributed by atoms with van der Waals surface area (Å²) >= 11 is 0. The highest BCUT2D eigenvalue weighted by Gasteiger charge is 2.23. The van der Waals surface area contributed by atoms with Gasteiger partial charge in [-0.05, 0) is 17.5 Å². The van der Waals surface area contributed by atoms with E-state index < -0.39 is 6.09 Å². The van der Waals surface area contributed by atoms with Crippen LogP contribution < -0.4 is 11.1 Å². The van der Waals surface area contributed by atoms with Crippen LogP contribution in [0.3, 0.4) is 0 Å². The molecule has 1 aliphatic heterocycles. The number of imide groups is 1. The maximum atomic E-state index is 11.6. The van der Waals surface area contributed by atoms with Crippen molar-refractivity contribution in [2.45, 2.75) is 0 Å². The Balaban J connectivity index is 0.000000297. The average Bonchev–Trinajstić information content (AvgIpc) is 2.35. The summed E-state index contributed by atoms with van der Waals surface area (Å²) in [6, 6.07) is 10.9. The van der Waals surface area contributed by atoms with E-state index in [0.717, 1.165) is 10.8 Å². The zero-order valence-electron chi connectivity index (χ0n) is 9.71. The summed E-state index contributed by atoms with van der Waals surface area (Å²) < 4.78 is 0. The van der Waals surface area contributed by atoms with Crippen molar-refractivity contribution in [3.63, 3.8) is 0 Å². The second-order valence-electron chi connectivity index (χ2n) is 3.83. The number of hydrogen-bond acceptors (Lipinski definition) is 3. The Hall–Kier alpha value is -2.89. The van der Waals surface area contributed by atoms with Crippen molar-refractivity contribution in [1.82, 2.24) is 5.32 Å². The Morgan fingerprint density at radius 3 is 1.84 bits per heavy atom. The summed E-state index contributed by atoms with van der Waals surface area (Å²) in [5, 5.41) is 11.2. The number of carbonyl (C=O) groups excluding carboxylic acids is 2. The maximum Gasteiger partial charge on any atom is 0.402 e. The molecule has 19 heavy (non-hydrogen) atoms. The Kier molecular flexibility index (Phi) is 3.15. The van der Waals surface area contributed by atoms with Crippen LogP contribution in [0.4, 0.5) is 4.79 Å². The zero-order valence-corrected chi connectivity index (χ0v) is 9.71. The minimum Gasteiger partial charge on any atom is -0.465 e. The molecule has 2 aromatic carbocycles. The fourth-order valence-electron chi connectivity index (χ4n) is 1.96. The largest absolute Gasteiger partial charge is 0.465 e. The number of nitrogens with one attached hydrogen (secondary N) is 1. The van der Waals surface area contributed by atoms with E-state index in [1.165, 1.54) is 0 Å². The van der Waals surface area contributed by atoms with E-state index in [9.17, 15) is 9.59 Å². The predicted octanol–water partition coefficient (Wildman–Crippen LogP) is 1.35. The lowest BCUT2D eigenvalue weighted by atomic mass is 9.95. The van der Waals surface area contributed by atoms with Crippen molar-refractivity contribution in [3.8, 4) is 0 Å². The highest BCUT2D eigenvalue weighted by molar-refractivity contribution is 6.25. The molecule has 1 heterocycles. The van der Waals surface area contributed by atoms with Gasteiger partial charge in [0.25, 0.3) is 11.8 Å². The first-order chi connectivity index (χ1) is 9.00. The number of nitrogens with two attached hydrogens (primary N) is 1. The van der Waals surface area contributed by atoms with Crippen LogP contribution in [0.5, 0.6) is 0 Å². The minimum atomic E-state index is -1.33. The van der Waals surface area contributed by atoms with Crippen LogP contribution in [0.1, 0.15) is 20.7 Å². The number of benzene rings is 2. The molecule has 3 amide bonds. The standard InChI is InChI=1S/C12H7NO2.CH3NO2/c14-11-8-5-1-3-7-4-2-6-9(10(7)8)12(15)13-11;2-1(3)4/h1-6H,(H,13,14,15);2H2,(H,3,4). The SMILES string of the molecule is NC(=O)O.O=C1NC(=O)c2cccc3cccc1c23. The predicted molar refractivity (Wildman–Crippen MR) is 68.0 cm³/mol. The summed E-state index contributed by atoms with van der Waals surface area (Å²) in [4.78, 5) is 31.9. The molecule has 1 aliphatic rings. The van der Waals surface area contributed by atoms with E-state index in [0.29, 0.717) is 11.1 Å². The van der Waals surface area contributed by atoms with Gasteiger partial charge < -0.3 is 10.8 Å². The number of rotatable bonds is 0. The van der Waals surface area contributed by atoms with Gasteiger partial charge in [-0.1, -0.05) is 24.3 Å². The van der Waals surface area contributed by atoms with E-state index in [-0.39, 0.29) is 11.8 Å². The third-order valence-electron chi connectivity index (χ3n) is 2.62. The topological polar surface area (TPSA) is 109 Å². The lowest BCUT2D eigenvalue weighted by Crippen LogP contribution is -2.34. The molecule has 0 spiro atoms. The molecule has 0 radical (unpaired) electrons. The van der Waals surface area contributed by atoms with Gasteiger partial charge >= 0.3 is 6.09 Å². The highest BCUT2D eigenvalue weighted by atomic mass is 16.4. The highest BCUT2D eigenvalue weighted by Crippen LogP contribution is 2.25. The van der Waals surface area contributed by atoms with Crippen molar-refractivity contribution < 1.29 is 19.5 Å². The van der Waals surface area contributed by atoms with Crippen molar-refractivity contribution in [2.24, 2.45) is 5.73 Å². The Morgan fingerprint density at radius 1 is 1.00 bits per heavy atom. The van der Waals surface area contributed by atoms with E-state index in [4.69, 9.17) is 9.90 Å². The lowest BCUT2D eigenvalue weighted by molar-refractivity contribution is 0.0845. The summed E-state index contributed by atoms with van der Waals surface area (Å²) in [6.45, 7) is 0. The van der Waals surface area contributed by atoms with Crippen LogP contribution >= 0.6 is 0 Å². The van der Waals surface area contributed by atoms with Gasteiger partial charge in [0, 0.05) is 16.5 Å². The van der Waals surface area contributed by atoms with Gasteiger partial charge in [-0.15, -0.1) is 0 Å². The summed E-state index contributed by atoms with van der Waals surface area (Å²) in [5.74, 6) is -0.631. The quantitative estimate of drug-likeness (QED) is 0.619. The molecular formula is C13H10N2O4. The Labute approximate surface area is 107 Å². The summed E-state index contributed by atoms with van der Waals surface area (Å²) in [5.41, 5.74) is 5.17. The normalized spacial score (nSPS) is 12.4. The molecule has 0 atom stereocenters. The number of carboxylic acid groups (broad SMARTS) is 1. The fourth-order valence-corrected chi connectivity index (χ4v) is 1.96. The van der Waals surface area contributed by atoms with Gasteiger partial charge in [0.05, 0.1) is 0 Å². The first-order valence-electron chi connectivity index (χ1n) is 5.36. The van der Waals surface area contributed by atoms with Gasteiger partial charge in [0.1, 0.15) is 0 Å². The summed E-state index contributed by atoms with van der Waals surface area (Å²) in [7, 11) is 0. The number of hydrogen-bond donors (Lipinski definition) is 3. The number of amides is 3. The first kappa shape index (κ1) is 12.6. The smallest absolute Gasteiger partial charge is 0.402 e. The molecule has 0 saturated heterocycles. The summed E-state index contributed by atoms with van der Waals surface area (Å²) in [6.07, 6.45) is -1.33.